The second-order valence-electron chi connectivity index (χ2n) is 6.31. The molecular formula is C15H21Br. The highest BCUT2D eigenvalue weighted by atomic mass is 79.9. The van der Waals surface area contributed by atoms with E-state index in [1.807, 2.05) is 0 Å². The highest BCUT2D eigenvalue weighted by Crippen LogP contribution is 2.61. The average Bonchev–Trinajstić information content (AvgIpc) is 2.39. The molecule has 0 aromatic heterocycles. The van der Waals surface area contributed by atoms with Gasteiger partial charge in [0.05, 0.1) is 4.11 Å². The Morgan fingerprint density at radius 1 is 0.938 bits per heavy atom. The summed E-state index contributed by atoms with van der Waals surface area (Å²) in [6, 6.07) is 0.770. The van der Waals surface area contributed by atoms with E-state index >= 15 is 0 Å². The normalized spacial score (nSPS) is 26.8. The van der Waals surface area contributed by atoms with Crippen molar-refractivity contribution < 1.29 is 4.11 Å². The molecule has 0 atom stereocenters. The zero-order valence-electron chi connectivity index (χ0n) is 13.9. The molecule has 1 aromatic carbocycles. The number of fused-ring (bicyclic) bond motifs is 1. The van der Waals surface area contributed by atoms with Crippen LogP contribution >= 0.6 is 15.9 Å². The zero-order chi connectivity index (χ0) is 15.0. The fourth-order valence-corrected chi connectivity index (χ4v) is 3.02. The van der Waals surface area contributed by atoms with Gasteiger partial charge in [-0.25, -0.2) is 0 Å². The standard InChI is InChI=1S/C15H21Br/c1-13(2)11-8-7-10(16)9-12(11)14(3,4)15(13,5)6/h7-9H,1-6H3/i7D,8D,9D. The van der Waals surface area contributed by atoms with E-state index in [1.165, 1.54) is 0 Å². The molecule has 16 heavy (non-hydrogen) atoms. The van der Waals surface area contributed by atoms with Gasteiger partial charge in [-0.05, 0) is 39.5 Å². The quantitative estimate of drug-likeness (QED) is 0.625. The number of benzene rings is 1. The van der Waals surface area contributed by atoms with Gasteiger partial charge >= 0.3 is 0 Å². The van der Waals surface area contributed by atoms with Crippen molar-refractivity contribution in [1.82, 2.24) is 0 Å². The average molecular weight is 284 g/mol. The van der Waals surface area contributed by atoms with E-state index in [4.69, 9.17) is 4.11 Å². The summed E-state index contributed by atoms with van der Waals surface area (Å²) < 4.78 is 25.2. The van der Waals surface area contributed by atoms with Gasteiger partial charge in [-0.1, -0.05) is 63.5 Å². The van der Waals surface area contributed by atoms with Crippen LogP contribution in [0.15, 0.2) is 22.6 Å². The maximum absolute atomic E-state index is 8.37. The lowest BCUT2D eigenvalue weighted by molar-refractivity contribution is 0.125. The largest absolute Gasteiger partial charge is 0.0638 e. The molecule has 0 saturated carbocycles. The van der Waals surface area contributed by atoms with Crippen LogP contribution in [-0.4, -0.2) is 0 Å². The molecule has 0 aliphatic heterocycles. The minimum Gasteiger partial charge on any atom is -0.0582 e. The molecule has 0 nitrogen and oxygen atoms in total. The predicted molar refractivity (Wildman–Crippen MR) is 74.0 cm³/mol. The highest BCUT2D eigenvalue weighted by molar-refractivity contribution is 9.10. The SMILES string of the molecule is [2H]c1c([2H])c2c(c([2H])c1Br)C(C)(C)C(C)(C)C2(C)C. The molecule has 1 aliphatic rings. The van der Waals surface area contributed by atoms with Gasteiger partial charge in [0.15, 0.2) is 0 Å². The number of hydrogen-bond donors (Lipinski definition) is 0. The van der Waals surface area contributed by atoms with Crippen LogP contribution in [0.3, 0.4) is 0 Å². The minimum atomic E-state index is -0.227. The van der Waals surface area contributed by atoms with Gasteiger partial charge in [0, 0.05) is 4.47 Å². The van der Waals surface area contributed by atoms with Crippen LogP contribution in [0.4, 0.5) is 0 Å². The van der Waals surface area contributed by atoms with Crippen molar-refractivity contribution in [3.05, 3.63) is 33.7 Å². The third kappa shape index (κ3) is 1.21. The first-order valence-corrected chi connectivity index (χ1v) is 6.48. The topological polar surface area (TPSA) is 0 Å². The second-order valence-corrected chi connectivity index (χ2v) is 7.11. The maximum atomic E-state index is 8.37. The molecule has 0 amide bonds. The van der Waals surface area contributed by atoms with Crippen LogP contribution in [0, 0.1) is 5.41 Å². The first-order valence-electron chi connectivity index (χ1n) is 7.19. The summed E-state index contributed by atoms with van der Waals surface area (Å²) in [4.78, 5) is 0. The van der Waals surface area contributed by atoms with Gasteiger partial charge in [0.2, 0.25) is 0 Å². The van der Waals surface area contributed by atoms with Gasteiger partial charge in [0.25, 0.3) is 0 Å². The molecular weight excluding hydrogens is 260 g/mol. The molecule has 0 bridgehead atoms. The Hall–Kier alpha value is -0.300. The summed E-state index contributed by atoms with van der Waals surface area (Å²) in [6.45, 7) is 13.0. The lowest BCUT2D eigenvalue weighted by atomic mass is 9.59. The van der Waals surface area contributed by atoms with Crippen molar-refractivity contribution in [3.8, 4) is 0 Å². The van der Waals surface area contributed by atoms with Gasteiger partial charge < -0.3 is 0 Å². The zero-order valence-corrected chi connectivity index (χ0v) is 12.5. The van der Waals surface area contributed by atoms with Crippen LogP contribution in [0.25, 0.3) is 0 Å². The van der Waals surface area contributed by atoms with E-state index in [1.54, 1.807) is 0 Å². The maximum Gasteiger partial charge on any atom is 0.0638 e. The van der Waals surface area contributed by atoms with Crippen LogP contribution in [0.5, 0.6) is 0 Å². The van der Waals surface area contributed by atoms with Gasteiger partial charge in [-0.2, -0.15) is 0 Å². The molecule has 0 spiro atoms. The summed E-state index contributed by atoms with van der Waals surface area (Å²) in [5.41, 5.74) is 1.29. The van der Waals surface area contributed by atoms with E-state index < -0.39 is 0 Å². The van der Waals surface area contributed by atoms with Gasteiger partial charge in [-0.15, -0.1) is 0 Å². The fourth-order valence-electron chi connectivity index (χ4n) is 2.73. The molecule has 1 aromatic rings. The monoisotopic (exact) mass is 283 g/mol. The molecule has 1 aliphatic carbocycles. The Morgan fingerprint density at radius 2 is 1.44 bits per heavy atom. The number of halogens is 1. The highest BCUT2D eigenvalue weighted by Gasteiger charge is 2.56. The smallest absolute Gasteiger partial charge is 0.0582 e. The Bertz CT molecular complexity index is 522. The predicted octanol–water partition coefficient (Wildman–Crippen LogP) is 5.04. The molecule has 1 heteroatoms. The molecule has 0 saturated heterocycles. The molecule has 0 radical (unpaired) electrons. The lowest BCUT2D eigenvalue weighted by Crippen LogP contribution is -2.42. The van der Waals surface area contributed by atoms with Crippen molar-refractivity contribution in [2.24, 2.45) is 5.41 Å². The summed E-state index contributed by atoms with van der Waals surface area (Å²) in [7, 11) is 0. The first kappa shape index (κ1) is 8.74. The molecule has 0 fully saturated rings. The van der Waals surface area contributed by atoms with E-state index in [2.05, 4.69) is 57.5 Å². The third-order valence-electron chi connectivity index (χ3n) is 5.16. The van der Waals surface area contributed by atoms with Crippen LogP contribution in [0.1, 0.15) is 56.8 Å². The molecule has 88 valence electrons. The Balaban J connectivity index is 3.02. The van der Waals surface area contributed by atoms with Gasteiger partial charge in [-0.3, -0.25) is 0 Å². The van der Waals surface area contributed by atoms with Crippen LogP contribution in [0.2, 0.25) is 0 Å². The van der Waals surface area contributed by atoms with Crippen molar-refractivity contribution in [3.63, 3.8) is 0 Å². The summed E-state index contributed by atoms with van der Waals surface area (Å²) in [6.07, 6.45) is 0. The molecule has 0 heterocycles. The lowest BCUT2D eigenvalue weighted by Gasteiger charge is -2.44. The Kier molecular flexibility index (Phi) is 1.71. The fraction of sp³-hybridized carbons (Fsp3) is 0.600. The van der Waals surface area contributed by atoms with E-state index in [0.29, 0.717) is 10.5 Å². The summed E-state index contributed by atoms with van der Waals surface area (Å²) in [5, 5.41) is 0. The molecule has 0 N–H and O–H groups in total. The first-order chi connectivity index (χ1) is 8.39. The Morgan fingerprint density at radius 3 is 2.00 bits per heavy atom. The minimum absolute atomic E-state index is 0.0822. The van der Waals surface area contributed by atoms with E-state index in [0.717, 1.165) is 11.1 Å². The van der Waals surface area contributed by atoms with Crippen molar-refractivity contribution >= 4 is 15.9 Å². The Labute approximate surface area is 112 Å². The molecule has 2 rings (SSSR count). The number of hydrogen-bond acceptors (Lipinski definition) is 0. The van der Waals surface area contributed by atoms with Crippen molar-refractivity contribution in [1.29, 1.82) is 0 Å². The van der Waals surface area contributed by atoms with Crippen LogP contribution in [-0.2, 0) is 10.8 Å². The van der Waals surface area contributed by atoms with Crippen LogP contribution < -0.4 is 0 Å². The summed E-state index contributed by atoms with van der Waals surface area (Å²) >= 11 is 3.32. The van der Waals surface area contributed by atoms with Crippen molar-refractivity contribution in [2.75, 3.05) is 0 Å². The molecule has 0 unspecified atom stereocenters. The number of rotatable bonds is 0. The van der Waals surface area contributed by atoms with E-state index in [-0.39, 0.29) is 28.3 Å². The van der Waals surface area contributed by atoms with Crippen molar-refractivity contribution in [2.45, 2.75) is 52.4 Å². The van der Waals surface area contributed by atoms with Gasteiger partial charge in [0.1, 0.15) is 0 Å². The second kappa shape index (κ2) is 3.13. The van der Waals surface area contributed by atoms with E-state index in [9.17, 15) is 0 Å². The summed E-state index contributed by atoms with van der Waals surface area (Å²) in [5.74, 6) is 0. The third-order valence-corrected chi connectivity index (χ3v) is 5.55.